The normalized spacial score (nSPS) is 22.1. The molecular weight excluding hydrogens is 332 g/mol. The minimum atomic E-state index is -3.74. The summed E-state index contributed by atoms with van der Waals surface area (Å²) in [6, 6.07) is 3.92. The first kappa shape index (κ1) is 15.5. The summed E-state index contributed by atoms with van der Waals surface area (Å²) in [5.74, 6) is 0.884. The predicted molar refractivity (Wildman–Crippen MR) is 77.7 cm³/mol. The summed E-state index contributed by atoms with van der Waals surface area (Å²) in [6.07, 6.45) is 1.55. The summed E-state index contributed by atoms with van der Waals surface area (Å²) in [7, 11) is -7.04. The molecule has 0 saturated carbocycles. The van der Waals surface area contributed by atoms with Gasteiger partial charge >= 0.3 is 0 Å². The van der Waals surface area contributed by atoms with Crippen molar-refractivity contribution in [3.63, 3.8) is 0 Å². The van der Waals surface area contributed by atoms with E-state index in [1.807, 2.05) is 0 Å². The van der Waals surface area contributed by atoms with Crippen LogP contribution in [0.5, 0.6) is 11.5 Å². The van der Waals surface area contributed by atoms with Crippen molar-refractivity contribution in [2.24, 2.45) is 0 Å². The lowest BCUT2D eigenvalue weighted by atomic mass is 10.3. The Labute approximate surface area is 129 Å². The molecule has 3 rings (SSSR count). The van der Waals surface area contributed by atoms with Crippen LogP contribution in [-0.4, -0.2) is 53.3 Å². The van der Waals surface area contributed by atoms with Gasteiger partial charge in [-0.25, -0.2) is 25.9 Å². The second kappa shape index (κ2) is 5.37. The van der Waals surface area contributed by atoms with E-state index in [1.165, 1.54) is 22.5 Å². The van der Waals surface area contributed by atoms with Gasteiger partial charge in [-0.1, -0.05) is 0 Å². The van der Waals surface area contributed by atoms with Gasteiger partial charge in [0.05, 0.1) is 11.2 Å². The van der Waals surface area contributed by atoms with Crippen molar-refractivity contribution in [1.29, 1.82) is 0 Å². The van der Waals surface area contributed by atoms with E-state index in [9.17, 15) is 16.8 Å². The Morgan fingerprint density at radius 2 is 1.91 bits per heavy atom. The molecule has 0 radical (unpaired) electrons. The van der Waals surface area contributed by atoms with E-state index < -0.39 is 26.1 Å². The highest BCUT2D eigenvalue weighted by Crippen LogP contribution is 2.33. The van der Waals surface area contributed by atoms with E-state index in [1.54, 1.807) is 0 Å². The largest absolute Gasteiger partial charge is 0.454 e. The molecule has 8 nitrogen and oxygen atoms in total. The van der Waals surface area contributed by atoms with Crippen LogP contribution in [0.1, 0.15) is 6.42 Å². The minimum absolute atomic E-state index is 0.0644. The van der Waals surface area contributed by atoms with Gasteiger partial charge in [-0.15, -0.1) is 0 Å². The molecule has 1 saturated heterocycles. The predicted octanol–water partition coefficient (Wildman–Crippen LogP) is -0.273. The first-order valence-corrected chi connectivity index (χ1v) is 9.96. The first-order chi connectivity index (χ1) is 10.3. The van der Waals surface area contributed by atoms with Crippen LogP contribution in [0.25, 0.3) is 0 Å². The van der Waals surface area contributed by atoms with E-state index in [-0.39, 0.29) is 18.2 Å². The lowest BCUT2D eigenvalue weighted by molar-refractivity contribution is 0.174. The Bertz CT molecular complexity index is 790. The quantitative estimate of drug-likeness (QED) is 0.803. The molecule has 1 unspecified atom stereocenters. The van der Waals surface area contributed by atoms with Gasteiger partial charge in [0.2, 0.25) is 26.8 Å². The van der Waals surface area contributed by atoms with Crippen LogP contribution in [0, 0.1) is 0 Å². The standard InChI is InChI=1S/C12H16N2O6S2/c1-21(15,16)14-5-4-9(7-14)13-22(17,18)10-2-3-11-12(6-10)20-8-19-11/h2-3,6,9,13H,4-5,7-8H2,1H3. The lowest BCUT2D eigenvalue weighted by Gasteiger charge is -2.15. The third-order valence-electron chi connectivity index (χ3n) is 3.60. The molecule has 2 heterocycles. The molecule has 0 aromatic heterocycles. The van der Waals surface area contributed by atoms with Crippen molar-refractivity contribution in [1.82, 2.24) is 9.03 Å². The zero-order chi connectivity index (χ0) is 16.0. The van der Waals surface area contributed by atoms with Crippen molar-refractivity contribution < 1.29 is 26.3 Å². The molecule has 0 amide bonds. The van der Waals surface area contributed by atoms with Crippen LogP contribution in [-0.2, 0) is 20.0 Å². The summed E-state index contributed by atoms with van der Waals surface area (Å²) in [5.41, 5.74) is 0. The van der Waals surface area contributed by atoms with Gasteiger partial charge in [0.15, 0.2) is 11.5 Å². The molecule has 0 spiro atoms. The average Bonchev–Trinajstić information content (AvgIpc) is 3.04. The van der Waals surface area contributed by atoms with Gasteiger partial charge in [-0.3, -0.25) is 0 Å². The number of rotatable bonds is 4. The number of benzene rings is 1. The molecule has 1 aromatic rings. The van der Waals surface area contributed by atoms with Crippen LogP contribution in [0.15, 0.2) is 23.1 Å². The number of nitrogens with zero attached hydrogens (tertiary/aromatic N) is 1. The van der Waals surface area contributed by atoms with Gasteiger partial charge in [-0.2, -0.15) is 0 Å². The van der Waals surface area contributed by atoms with Crippen molar-refractivity contribution in [3.05, 3.63) is 18.2 Å². The molecule has 2 aliphatic heterocycles. The fraction of sp³-hybridized carbons (Fsp3) is 0.500. The van der Waals surface area contributed by atoms with E-state index >= 15 is 0 Å². The SMILES string of the molecule is CS(=O)(=O)N1CCC(NS(=O)(=O)c2ccc3c(c2)OCO3)C1. The second-order valence-electron chi connectivity index (χ2n) is 5.24. The van der Waals surface area contributed by atoms with Gasteiger partial charge in [0.1, 0.15) is 0 Å². The molecule has 1 aromatic carbocycles. The molecule has 0 bridgehead atoms. The van der Waals surface area contributed by atoms with Gasteiger partial charge < -0.3 is 9.47 Å². The maximum absolute atomic E-state index is 12.4. The molecule has 0 aliphatic carbocycles. The number of fused-ring (bicyclic) bond motifs is 1. The molecule has 2 aliphatic rings. The van der Waals surface area contributed by atoms with Crippen molar-refractivity contribution in [3.8, 4) is 11.5 Å². The van der Waals surface area contributed by atoms with E-state index in [0.717, 1.165) is 6.26 Å². The summed E-state index contributed by atoms with van der Waals surface area (Å²) >= 11 is 0. The summed E-state index contributed by atoms with van der Waals surface area (Å²) in [6.45, 7) is 0.522. The number of hydrogen-bond donors (Lipinski definition) is 1. The number of nitrogens with one attached hydrogen (secondary N) is 1. The summed E-state index contributed by atoms with van der Waals surface area (Å²) < 4.78 is 61.8. The molecule has 122 valence electrons. The fourth-order valence-corrected chi connectivity index (χ4v) is 4.62. The molecule has 22 heavy (non-hydrogen) atoms. The number of sulfonamides is 2. The van der Waals surface area contributed by atoms with Crippen molar-refractivity contribution in [2.75, 3.05) is 26.1 Å². The number of hydrogen-bond acceptors (Lipinski definition) is 6. The maximum atomic E-state index is 12.4. The van der Waals surface area contributed by atoms with Crippen LogP contribution in [0.2, 0.25) is 0 Å². The zero-order valence-electron chi connectivity index (χ0n) is 11.9. The zero-order valence-corrected chi connectivity index (χ0v) is 13.5. The third-order valence-corrected chi connectivity index (χ3v) is 6.38. The lowest BCUT2D eigenvalue weighted by Crippen LogP contribution is -2.38. The van der Waals surface area contributed by atoms with Gasteiger partial charge in [-0.05, 0) is 18.6 Å². The Hall–Kier alpha value is -1.36. The Kier molecular flexibility index (Phi) is 3.79. The maximum Gasteiger partial charge on any atom is 0.241 e. The van der Waals surface area contributed by atoms with Crippen LogP contribution < -0.4 is 14.2 Å². The van der Waals surface area contributed by atoms with Crippen molar-refractivity contribution >= 4 is 20.0 Å². The monoisotopic (exact) mass is 348 g/mol. The molecule has 1 N–H and O–H groups in total. The van der Waals surface area contributed by atoms with E-state index in [4.69, 9.17) is 9.47 Å². The van der Waals surface area contributed by atoms with E-state index in [0.29, 0.717) is 24.5 Å². The van der Waals surface area contributed by atoms with E-state index in [2.05, 4.69) is 4.72 Å². The fourth-order valence-electron chi connectivity index (χ4n) is 2.46. The van der Waals surface area contributed by atoms with Crippen LogP contribution >= 0.6 is 0 Å². The van der Waals surface area contributed by atoms with Gasteiger partial charge in [0.25, 0.3) is 0 Å². The summed E-state index contributed by atoms with van der Waals surface area (Å²) in [4.78, 5) is 0.0644. The molecule has 10 heteroatoms. The molecule has 1 atom stereocenters. The Balaban J connectivity index is 1.75. The number of ether oxygens (including phenoxy) is 2. The summed E-state index contributed by atoms with van der Waals surface area (Å²) in [5, 5.41) is 0. The highest BCUT2D eigenvalue weighted by molar-refractivity contribution is 7.89. The smallest absolute Gasteiger partial charge is 0.241 e. The third kappa shape index (κ3) is 3.05. The topological polar surface area (TPSA) is 102 Å². The van der Waals surface area contributed by atoms with Crippen molar-refractivity contribution in [2.45, 2.75) is 17.4 Å². The van der Waals surface area contributed by atoms with Crippen LogP contribution in [0.3, 0.4) is 0 Å². The Morgan fingerprint density at radius 1 is 1.18 bits per heavy atom. The van der Waals surface area contributed by atoms with Crippen LogP contribution in [0.4, 0.5) is 0 Å². The highest BCUT2D eigenvalue weighted by atomic mass is 32.2. The average molecular weight is 348 g/mol. The molecule has 1 fully saturated rings. The highest BCUT2D eigenvalue weighted by Gasteiger charge is 2.32. The minimum Gasteiger partial charge on any atom is -0.454 e. The van der Waals surface area contributed by atoms with Gasteiger partial charge in [0, 0.05) is 25.2 Å². The second-order valence-corrected chi connectivity index (χ2v) is 8.94. The molecular formula is C12H16N2O6S2. The Morgan fingerprint density at radius 3 is 2.59 bits per heavy atom. The first-order valence-electron chi connectivity index (χ1n) is 6.63.